The highest BCUT2D eigenvalue weighted by Crippen LogP contribution is 2.44. The van der Waals surface area contributed by atoms with Crippen molar-refractivity contribution in [2.45, 2.75) is 0 Å². The van der Waals surface area contributed by atoms with Crippen LogP contribution >= 0.6 is 11.3 Å². The Morgan fingerprint density at radius 2 is 1.20 bits per heavy atom. The molecule has 0 radical (unpaired) electrons. The molecule has 7 aromatic carbocycles. The van der Waals surface area contributed by atoms with E-state index in [1.54, 1.807) is 0 Å². The van der Waals surface area contributed by atoms with E-state index in [0.717, 1.165) is 60.7 Å². The molecule has 0 unspecified atom stereocenters. The van der Waals surface area contributed by atoms with Gasteiger partial charge in [0.25, 0.3) is 0 Å². The van der Waals surface area contributed by atoms with Crippen molar-refractivity contribution in [1.29, 1.82) is 0 Å². The Kier molecular flexibility index (Phi) is 4.72. The third kappa shape index (κ3) is 3.21. The van der Waals surface area contributed by atoms with Crippen LogP contribution < -0.4 is 0 Å². The van der Waals surface area contributed by atoms with Gasteiger partial charge < -0.3 is 13.4 Å². The van der Waals surface area contributed by atoms with Crippen LogP contribution in [0.3, 0.4) is 0 Å². The summed E-state index contributed by atoms with van der Waals surface area (Å²) in [5, 5.41) is 9.64. The average Bonchev–Trinajstić information content (AvgIpc) is 3.86. The van der Waals surface area contributed by atoms with Crippen molar-refractivity contribution in [2.24, 2.45) is 0 Å². The quantitative estimate of drug-likeness (QED) is 0.196. The van der Waals surface area contributed by atoms with E-state index in [1.807, 2.05) is 29.5 Å². The summed E-state index contributed by atoms with van der Waals surface area (Å²) in [6, 6.07) is 49.8. The first-order valence-electron chi connectivity index (χ1n) is 15.5. The number of benzene rings is 7. The molecule has 46 heavy (non-hydrogen) atoms. The lowest BCUT2D eigenvalue weighted by Gasteiger charge is -2.09. The Bertz CT molecular complexity index is 3040. The fourth-order valence-electron chi connectivity index (χ4n) is 7.59. The first-order valence-corrected chi connectivity index (χ1v) is 16.3. The number of rotatable bonds is 2. The summed E-state index contributed by atoms with van der Waals surface area (Å²) in [5.41, 5.74) is 9.41. The normalized spacial score (nSPS) is 12.3. The van der Waals surface area contributed by atoms with Crippen LogP contribution in [0.5, 0.6) is 0 Å². The summed E-state index contributed by atoms with van der Waals surface area (Å²) in [4.78, 5) is 0. The van der Waals surface area contributed by atoms with E-state index in [2.05, 4.69) is 126 Å². The fraction of sp³-hybridized carbons (Fsp3) is 0. The van der Waals surface area contributed by atoms with Gasteiger partial charge in [0.15, 0.2) is 0 Å². The number of hydrogen-bond donors (Lipinski definition) is 0. The number of fused-ring (bicyclic) bond motifs is 13. The predicted octanol–water partition coefficient (Wildman–Crippen LogP) is 12.6. The lowest BCUT2D eigenvalue weighted by molar-refractivity contribution is 0.668. The smallest absolute Gasteiger partial charge is 0.136 e. The monoisotopic (exact) mass is 605 g/mol. The molecule has 4 heterocycles. The Labute approximate surface area is 266 Å². The summed E-state index contributed by atoms with van der Waals surface area (Å²) >= 11 is 1.88. The minimum Gasteiger partial charge on any atom is -0.456 e. The molecule has 0 aliphatic rings. The van der Waals surface area contributed by atoms with Gasteiger partial charge in [-0.05, 0) is 65.7 Å². The zero-order valence-corrected chi connectivity index (χ0v) is 25.3. The molecular formula is C42H23NO2S. The second-order valence-electron chi connectivity index (χ2n) is 12.1. The number of aromatic nitrogens is 1. The Morgan fingerprint density at radius 1 is 0.457 bits per heavy atom. The molecule has 0 N–H and O–H groups in total. The first kappa shape index (κ1) is 24.5. The van der Waals surface area contributed by atoms with Crippen molar-refractivity contribution in [3.05, 3.63) is 140 Å². The van der Waals surface area contributed by atoms with Crippen molar-refractivity contribution in [3.63, 3.8) is 0 Å². The molecule has 11 aromatic rings. The van der Waals surface area contributed by atoms with Crippen molar-refractivity contribution < 1.29 is 8.83 Å². The highest BCUT2D eigenvalue weighted by atomic mass is 32.1. The minimum absolute atomic E-state index is 0.878. The molecule has 0 saturated heterocycles. The summed E-state index contributed by atoms with van der Waals surface area (Å²) in [7, 11) is 0. The molecule has 0 amide bonds. The maximum Gasteiger partial charge on any atom is 0.136 e. The Hall–Kier alpha value is -5.84. The average molecular weight is 606 g/mol. The SMILES string of the molecule is c1ccc2c(c1)oc1cccc(-c3ccc4c(c3)oc3ccc(-n5c6ccccc6c6ccc7c8ccccc8sc7c65)cc34)c12. The maximum atomic E-state index is 6.52. The zero-order chi connectivity index (χ0) is 29.9. The third-order valence-electron chi connectivity index (χ3n) is 9.61. The van der Waals surface area contributed by atoms with E-state index in [4.69, 9.17) is 8.83 Å². The summed E-state index contributed by atoms with van der Waals surface area (Å²) in [6.45, 7) is 0. The number of thiophene rings is 1. The highest BCUT2D eigenvalue weighted by Gasteiger charge is 2.19. The van der Waals surface area contributed by atoms with Crippen LogP contribution in [0.1, 0.15) is 0 Å². The van der Waals surface area contributed by atoms with Gasteiger partial charge in [-0.1, -0.05) is 84.9 Å². The molecule has 0 saturated carbocycles. The summed E-state index contributed by atoms with van der Waals surface area (Å²) in [6.07, 6.45) is 0. The van der Waals surface area contributed by atoms with Gasteiger partial charge >= 0.3 is 0 Å². The van der Waals surface area contributed by atoms with Gasteiger partial charge in [0.05, 0.1) is 15.7 Å². The van der Waals surface area contributed by atoms with Gasteiger partial charge in [-0.3, -0.25) is 0 Å². The number of nitrogens with zero attached hydrogens (tertiary/aromatic N) is 1. The van der Waals surface area contributed by atoms with Gasteiger partial charge in [-0.25, -0.2) is 0 Å². The standard InChI is InChI=1S/C42H23NO2S/c1-4-12-34-27(8-1)30-19-20-31-29-9-3-6-15-39(29)46-42(31)41(30)43(34)25-17-21-36-33(23-25)28-18-16-24(22-38(28)45-36)26-11-7-14-37-40(26)32-10-2-5-13-35(32)44-37/h1-23H. The molecule has 0 atom stereocenters. The van der Waals surface area contributed by atoms with E-state index in [1.165, 1.54) is 42.0 Å². The fourth-order valence-corrected chi connectivity index (χ4v) is 8.83. The Morgan fingerprint density at radius 3 is 2.15 bits per heavy atom. The van der Waals surface area contributed by atoms with Gasteiger partial charge in [0.1, 0.15) is 22.3 Å². The number of para-hydroxylation sites is 2. The van der Waals surface area contributed by atoms with Crippen LogP contribution in [-0.4, -0.2) is 4.57 Å². The number of furan rings is 2. The molecule has 4 aromatic heterocycles. The van der Waals surface area contributed by atoms with Crippen LogP contribution in [0, 0.1) is 0 Å². The van der Waals surface area contributed by atoms with Crippen LogP contribution in [0.15, 0.2) is 148 Å². The summed E-state index contributed by atoms with van der Waals surface area (Å²) in [5.74, 6) is 0. The van der Waals surface area contributed by atoms with E-state index < -0.39 is 0 Å². The number of hydrogen-bond acceptors (Lipinski definition) is 3. The van der Waals surface area contributed by atoms with Crippen molar-refractivity contribution >= 4 is 97.2 Å². The van der Waals surface area contributed by atoms with E-state index >= 15 is 0 Å². The second-order valence-corrected chi connectivity index (χ2v) is 13.1. The van der Waals surface area contributed by atoms with Gasteiger partial charge in [-0.2, -0.15) is 0 Å². The predicted molar refractivity (Wildman–Crippen MR) is 194 cm³/mol. The Balaban J connectivity index is 1.15. The van der Waals surface area contributed by atoms with E-state index in [0.29, 0.717) is 0 Å². The molecule has 0 aliphatic heterocycles. The maximum absolute atomic E-state index is 6.52. The second kappa shape index (κ2) is 8.87. The minimum atomic E-state index is 0.878. The zero-order valence-electron chi connectivity index (χ0n) is 24.5. The van der Waals surface area contributed by atoms with E-state index in [-0.39, 0.29) is 0 Å². The van der Waals surface area contributed by atoms with Crippen LogP contribution in [0.2, 0.25) is 0 Å². The third-order valence-corrected chi connectivity index (χ3v) is 10.8. The topological polar surface area (TPSA) is 31.2 Å². The van der Waals surface area contributed by atoms with E-state index in [9.17, 15) is 0 Å². The lowest BCUT2D eigenvalue weighted by atomic mass is 9.98. The highest BCUT2D eigenvalue weighted by molar-refractivity contribution is 7.26. The largest absolute Gasteiger partial charge is 0.456 e. The molecule has 0 spiro atoms. The van der Waals surface area contributed by atoms with Crippen LogP contribution in [-0.2, 0) is 0 Å². The molecule has 3 nitrogen and oxygen atoms in total. The van der Waals surface area contributed by atoms with Crippen LogP contribution in [0.4, 0.5) is 0 Å². The molecule has 11 rings (SSSR count). The molecular weight excluding hydrogens is 583 g/mol. The van der Waals surface area contributed by atoms with Gasteiger partial charge in [0, 0.05) is 53.5 Å². The van der Waals surface area contributed by atoms with Gasteiger partial charge in [0.2, 0.25) is 0 Å². The van der Waals surface area contributed by atoms with Crippen molar-refractivity contribution in [2.75, 3.05) is 0 Å². The lowest BCUT2D eigenvalue weighted by Crippen LogP contribution is -1.93. The first-order chi connectivity index (χ1) is 22.8. The van der Waals surface area contributed by atoms with Crippen molar-refractivity contribution in [1.82, 2.24) is 4.57 Å². The van der Waals surface area contributed by atoms with Crippen LogP contribution in [0.25, 0.3) is 103 Å². The molecule has 0 bridgehead atoms. The van der Waals surface area contributed by atoms with Gasteiger partial charge in [-0.15, -0.1) is 11.3 Å². The molecule has 214 valence electrons. The molecule has 0 aliphatic carbocycles. The molecule has 0 fully saturated rings. The molecule has 4 heteroatoms. The summed E-state index contributed by atoms with van der Waals surface area (Å²) < 4.78 is 17.8. The van der Waals surface area contributed by atoms with Crippen molar-refractivity contribution in [3.8, 4) is 16.8 Å².